The minimum atomic E-state index is -1.03. The molecular weight excluding hydrogens is 226 g/mol. The number of aliphatic carboxylic acids is 1. The quantitative estimate of drug-likeness (QED) is 0.747. The molecule has 0 saturated carbocycles. The molecule has 0 bridgehead atoms. The summed E-state index contributed by atoms with van der Waals surface area (Å²) in [6.45, 7) is 2.71. The molecule has 1 aromatic heterocycles. The van der Waals surface area contributed by atoms with Crippen LogP contribution in [0, 0.1) is 6.92 Å². The number of pyridine rings is 1. The Hall–Kier alpha value is -2.11. The molecule has 92 valence electrons. The number of carboxylic acid groups (broad SMARTS) is 1. The maximum Gasteiger partial charge on any atom is 0.305 e. The molecule has 1 aromatic rings. The summed E-state index contributed by atoms with van der Waals surface area (Å²) in [5.41, 5.74) is -0.545. The normalized spacial score (nSPS) is 10.2. The van der Waals surface area contributed by atoms with Gasteiger partial charge in [-0.25, -0.2) is 0 Å². The number of carbonyl (C=O) groups is 2. The number of Topliss-reactive ketones (excluding diaryl/α,β-unsaturated/α-hetero) is 1. The van der Waals surface area contributed by atoms with Crippen molar-refractivity contribution in [3.63, 3.8) is 0 Å². The highest BCUT2D eigenvalue weighted by Gasteiger charge is 2.16. The number of nitrogens with zero attached hydrogens (tertiary/aromatic N) is 1. The van der Waals surface area contributed by atoms with Gasteiger partial charge in [0.2, 0.25) is 0 Å². The number of carboxylic acids is 1. The molecule has 0 atom stereocenters. The molecule has 0 unspecified atom stereocenters. The summed E-state index contributed by atoms with van der Waals surface area (Å²) in [6.07, 6.45) is -0.219. The second-order valence-electron chi connectivity index (χ2n) is 3.70. The Labute approximate surface area is 97.1 Å². The molecule has 0 aliphatic heterocycles. The lowest BCUT2D eigenvalue weighted by molar-refractivity contribution is -0.137. The lowest BCUT2D eigenvalue weighted by atomic mass is 10.1. The van der Waals surface area contributed by atoms with Crippen LogP contribution in [-0.4, -0.2) is 26.5 Å². The molecule has 0 aliphatic rings. The predicted octanol–water partition coefficient (Wildman–Crippen LogP) is 0.540. The predicted molar refractivity (Wildman–Crippen MR) is 59.4 cm³/mol. The zero-order valence-corrected chi connectivity index (χ0v) is 9.56. The minimum absolute atomic E-state index is 0.0272. The molecule has 6 heteroatoms. The monoisotopic (exact) mass is 239 g/mol. The third-order valence-electron chi connectivity index (χ3n) is 2.39. The van der Waals surface area contributed by atoms with E-state index in [0.29, 0.717) is 5.69 Å². The largest absolute Gasteiger partial charge is 0.507 e. The van der Waals surface area contributed by atoms with E-state index in [1.807, 2.05) is 0 Å². The van der Waals surface area contributed by atoms with Gasteiger partial charge in [0.15, 0.2) is 5.78 Å². The van der Waals surface area contributed by atoms with E-state index < -0.39 is 17.3 Å². The molecule has 0 aliphatic carbocycles. The van der Waals surface area contributed by atoms with Gasteiger partial charge in [-0.1, -0.05) is 0 Å². The molecule has 0 saturated heterocycles. The van der Waals surface area contributed by atoms with Crippen molar-refractivity contribution in [3.05, 3.63) is 27.7 Å². The number of rotatable bonds is 4. The van der Waals surface area contributed by atoms with Crippen LogP contribution in [0.5, 0.6) is 5.75 Å². The zero-order chi connectivity index (χ0) is 13.2. The number of hydrogen-bond acceptors (Lipinski definition) is 4. The van der Waals surface area contributed by atoms with E-state index in [9.17, 15) is 19.5 Å². The Morgan fingerprint density at radius 1 is 1.41 bits per heavy atom. The van der Waals surface area contributed by atoms with Crippen molar-refractivity contribution in [3.8, 4) is 5.75 Å². The van der Waals surface area contributed by atoms with E-state index in [2.05, 4.69) is 0 Å². The smallest absolute Gasteiger partial charge is 0.305 e. The van der Waals surface area contributed by atoms with Crippen molar-refractivity contribution < 1.29 is 19.8 Å². The summed E-state index contributed by atoms with van der Waals surface area (Å²) < 4.78 is 1.17. The van der Waals surface area contributed by atoms with E-state index in [4.69, 9.17) is 5.11 Å². The SMILES string of the molecule is CC(=O)c1c(O)cc(C)n(CCC(=O)O)c1=O. The summed E-state index contributed by atoms with van der Waals surface area (Å²) in [5.74, 6) is -1.95. The summed E-state index contributed by atoms with van der Waals surface area (Å²) >= 11 is 0. The third-order valence-corrected chi connectivity index (χ3v) is 2.39. The molecule has 0 amide bonds. The van der Waals surface area contributed by atoms with Crippen LogP contribution in [0.1, 0.15) is 29.4 Å². The molecule has 0 aromatic carbocycles. The minimum Gasteiger partial charge on any atom is -0.507 e. The van der Waals surface area contributed by atoms with Gasteiger partial charge in [-0.2, -0.15) is 0 Å². The van der Waals surface area contributed by atoms with Crippen LogP contribution in [0.3, 0.4) is 0 Å². The molecule has 1 heterocycles. The Balaban J connectivity index is 3.31. The van der Waals surface area contributed by atoms with Crippen molar-refractivity contribution in [1.29, 1.82) is 0 Å². The summed E-state index contributed by atoms with van der Waals surface area (Å²) in [7, 11) is 0. The summed E-state index contributed by atoms with van der Waals surface area (Å²) in [5, 5.41) is 18.1. The van der Waals surface area contributed by atoms with E-state index in [-0.39, 0.29) is 24.3 Å². The Morgan fingerprint density at radius 2 is 2.00 bits per heavy atom. The van der Waals surface area contributed by atoms with E-state index in [1.54, 1.807) is 6.92 Å². The fraction of sp³-hybridized carbons (Fsp3) is 0.364. The van der Waals surface area contributed by atoms with Crippen LogP contribution < -0.4 is 5.56 Å². The van der Waals surface area contributed by atoms with Gasteiger partial charge in [0.25, 0.3) is 5.56 Å². The van der Waals surface area contributed by atoms with Gasteiger partial charge in [0.1, 0.15) is 11.3 Å². The fourth-order valence-electron chi connectivity index (χ4n) is 1.57. The van der Waals surface area contributed by atoms with Crippen LogP contribution in [0.25, 0.3) is 0 Å². The number of carbonyl (C=O) groups excluding carboxylic acids is 1. The summed E-state index contributed by atoms with van der Waals surface area (Å²) in [4.78, 5) is 33.5. The Bertz CT molecular complexity index is 529. The first kappa shape index (κ1) is 13.0. The van der Waals surface area contributed by atoms with Crippen molar-refractivity contribution in [2.75, 3.05) is 0 Å². The molecule has 0 radical (unpaired) electrons. The zero-order valence-electron chi connectivity index (χ0n) is 9.56. The van der Waals surface area contributed by atoms with E-state index in [1.165, 1.54) is 17.6 Å². The number of ketones is 1. The third kappa shape index (κ3) is 2.72. The number of aromatic hydroxyl groups is 1. The molecular formula is C11H13NO5. The van der Waals surface area contributed by atoms with Crippen LogP contribution in [0.4, 0.5) is 0 Å². The highest BCUT2D eigenvalue weighted by atomic mass is 16.4. The van der Waals surface area contributed by atoms with Crippen molar-refractivity contribution >= 4 is 11.8 Å². The van der Waals surface area contributed by atoms with Crippen LogP contribution in [-0.2, 0) is 11.3 Å². The second-order valence-corrected chi connectivity index (χ2v) is 3.70. The average molecular weight is 239 g/mol. The molecule has 0 spiro atoms. The van der Waals surface area contributed by atoms with Crippen molar-refractivity contribution in [1.82, 2.24) is 4.57 Å². The lowest BCUT2D eigenvalue weighted by Gasteiger charge is -2.11. The number of aromatic nitrogens is 1. The van der Waals surface area contributed by atoms with Gasteiger partial charge >= 0.3 is 5.97 Å². The van der Waals surface area contributed by atoms with E-state index >= 15 is 0 Å². The van der Waals surface area contributed by atoms with Gasteiger partial charge in [-0.15, -0.1) is 0 Å². The lowest BCUT2D eigenvalue weighted by Crippen LogP contribution is -2.28. The highest BCUT2D eigenvalue weighted by molar-refractivity contribution is 5.96. The molecule has 6 nitrogen and oxygen atoms in total. The van der Waals surface area contributed by atoms with E-state index in [0.717, 1.165) is 0 Å². The first-order chi connectivity index (χ1) is 7.84. The number of aryl methyl sites for hydroxylation is 1. The topological polar surface area (TPSA) is 96.6 Å². The van der Waals surface area contributed by atoms with Gasteiger partial charge < -0.3 is 14.8 Å². The van der Waals surface area contributed by atoms with Crippen LogP contribution in [0.15, 0.2) is 10.9 Å². The van der Waals surface area contributed by atoms with Gasteiger partial charge in [0.05, 0.1) is 6.42 Å². The molecule has 1 rings (SSSR count). The van der Waals surface area contributed by atoms with Gasteiger partial charge in [-0.05, 0) is 13.8 Å². The first-order valence-corrected chi connectivity index (χ1v) is 5.00. The maximum absolute atomic E-state index is 11.9. The van der Waals surface area contributed by atoms with Crippen molar-refractivity contribution in [2.45, 2.75) is 26.8 Å². The molecule has 2 N–H and O–H groups in total. The van der Waals surface area contributed by atoms with Crippen LogP contribution in [0.2, 0.25) is 0 Å². The van der Waals surface area contributed by atoms with Crippen molar-refractivity contribution in [2.24, 2.45) is 0 Å². The van der Waals surface area contributed by atoms with Gasteiger partial charge in [-0.3, -0.25) is 14.4 Å². The number of hydrogen-bond donors (Lipinski definition) is 2. The Morgan fingerprint density at radius 3 is 2.47 bits per heavy atom. The van der Waals surface area contributed by atoms with Crippen LogP contribution >= 0.6 is 0 Å². The Kier molecular flexibility index (Phi) is 3.67. The maximum atomic E-state index is 11.9. The van der Waals surface area contributed by atoms with Gasteiger partial charge in [0, 0.05) is 18.3 Å². The highest BCUT2D eigenvalue weighted by Crippen LogP contribution is 2.15. The first-order valence-electron chi connectivity index (χ1n) is 5.00. The molecule has 17 heavy (non-hydrogen) atoms. The second kappa shape index (κ2) is 4.82. The standard InChI is InChI=1S/C11H13NO5/c1-6-5-8(14)10(7(2)13)11(17)12(6)4-3-9(15)16/h5,14H,3-4H2,1-2H3,(H,15,16). The summed E-state index contributed by atoms with van der Waals surface area (Å²) in [6, 6.07) is 1.28. The molecule has 0 fully saturated rings. The fourth-order valence-corrected chi connectivity index (χ4v) is 1.57. The average Bonchev–Trinajstić information content (AvgIpc) is 2.14.